The van der Waals surface area contributed by atoms with Crippen molar-refractivity contribution in [3.8, 4) is 5.75 Å². The average Bonchev–Trinajstić information content (AvgIpc) is 3.01. The number of ether oxygens (including phenoxy) is 1. The normalized spacial score (nSPS) is 16.2. The molecule has 1 aliphatic rings. The minimum atomic E-state index is -0.209. The third-order valence-corrected chi connectivity index (χ3v) is 6.33. The van der Waals surface area contributed by atoms with Gasteiger partial charge in [0.1, 0.15) is 17.9 Å². The summed E-state index contributed by atoms with van der Waals surface area (Å²) in [5.74, 6) is 1.35. The minimum Gasteiger partial charge on any atom is -0.496 e. The molecule has 1 atom stereocenters. The second kappa shape index (κ2) is 7.63. The quantitative estimate of drug-likeness (QED) is 0.654. The van der Waals surface area contributed by atoms with Gasteiger partial charge in [0.05, 0.1) is 34.3 Å². The number of likely N-dealkylation sites (tertiary alicyclic amines) is 1. The molecular weight excluding hydrogens is 411 g/mol. The molecule has 0 amide bonds. The third-order valence-electron chi connectivity index (χ3n) is 5.53. The molecule has 7 nitrogen and oxygen atoms in total. The Balaban J connectivity index is 1.85. The summed E-state index contributed by atoms with van der Waals surface area (Å²) in [7, 11) is 1.65. The first-order chi connectivity index (χ1) is 13.9. The number of nitrogens with zero attached hydrogens (tertiary/aromatic N) is 5. The van der Waals surface area contributed by atoms with Crippen molar-refractivity contribution in [2.75, 3.05) is 25.9 Å². The number of rotatable bonds is 5. The Hall–Kier alpha value is -2.09. The van der Waals surface area contributed by atoms with Crippen LogP contribution in [0, 0.1) is 20.4 Å². The van der Waals surface area contributed by atoms with Gasteiger partial charge in [0, 0.05) is 36.7 Å². The molecule has 152 valence electrons. The number of hydrogen-bond acceptors (Lipinski definition) is 6. The average molecular weight is 433 g/mol. The fraction of sp³-hybridized carbons (Fsp3) is 0.350. The minimum absolute atomic E-state index is 0.209. The smallest absolute Gasteiger partial charge is 0.164 e. The molecular formula is C20H22Cl2N6O. The summed E-state index contributed by atoms with van der Waals surface area (Å²) < 4.78 is 7.66. The zero-order valence-electron chi connectivity index (χ0n) is 16.5. The van der Waals surface area contributed by atoms with Crippen LogP contribution in [0.4, 0.5) is 5.82 Å². The second-order valence-corrected chi connectivity index (χ2v) is 7.99. The predicted octanol–water partition coefficient (Wildman–Crippen LogP) is 4.04. The molecule has 0 aliphatic carbocycles. The van der Waals surface area contributed by atoms with Crippen LogP contribution in [0.15, 0.2) is 12.4 Å². The van der Waals surface area contributed by atoms with Gasteiger partial charge in [0.2, 0.25) is 0 Å². The Labute approximate surface area is 179 Å². The van der Waals surface area contributed by atoms with Crippen LogP contribution in [-0.4, -0.2) is 44.8 Å². The molecule has 2 aromatic heterocycles. The van der Waals surface area contributed by atoms with Crippen LogP contribution in [0.3, 0.4) is 0 Å². The van der Waals surface area contributed by atoms with E-state index in [-0.39, 0.29) is 12.0 Å². The van der Waals surface area contributed by atoms with Crippen molar-refractivity contribution < 1.29 is 4.74 Å². The third kappa shape index (κ3) is 3.21. The van der Waals surface area contributed by atoms with E-state index >= 15 is 0 Å². The van der Waals surface area contributed by atoms with Crippen LogP contribution in [0.5, 0.6) is 5.75 Å². The zero-order chi connectivity index (χ0) is 20.9. The molecule has 2 N–H and O–H groups in total. The molecule has 2 radical (unpaired) electrons. The fourth-order valence-electron chi connectivity index (χ4n) is 3.97. The molecule has 0 spiro atoms. The molecule has 1 aliphatic heterocycles. The Kier molecular flexibility index (Phi) is 5.31. The van der Waals surface area contributed by atoms with Gasteiger partial charge in [-0.25, -0.2) is 14.6 Å². The highest BCUT2D eigenvalue weighted by Gasteiger charge is 2.34. The van der Waals surface area contributed by atoms with Crippen molar-refractivity contribution in [3.05, 3.63) is 52.7 Å². The monoisotopic (exact) mass is 432 g/mol. The van der Waals surface area contributed by atoms with Crippen molar-refractivity contribution in [2.24, 2.45) is 0 Å². The molecule has 1 aromatic carbocycles. The number of nitrogens with two attached hydrogens (primary N) is 1. The lowest BCUT2D eigenvalue weighted by molar-refractivity contribution is 0.196. The zero-order valence-corrected chi connectivity index (χ0v) is 18.0. The van der Waals surface area contributed by atoms with Crippen LogP contribution in [0.25, 0.3) is 11.0 Å². The Bertz CT molecular complexity index is 1080. The van der Waals surface area contributed by atoms with Crippen LogP contribution in [0.1, 0.15) is 35.7 Å². The summed E-state index contributed by atoms with van der Waals surface area (Å²) in [6, 6.07) is 1.63. The number of benzene rings is 1. The lowest BCUT2D eigenvalue weighted by atomic mass is 9.88. The first-order valence-corrected chi connectivity index (χ1v) is 10.0. The van der Waals surface area contributed by atoms with E-state index in [9.17, 15) is 0 Å². The molecule has 1 unspecified atom stereocenters. The Morgan fingerprint density at radius 1 is 1.34 bits per heavy atom. The Morgan fingerprint density at radius 2 is 2.07 bits per heavy atom. The molecule has 3 aromatic rings. The standard InChI is InChI=1S/C20H22Cl2N6O/c1-5-27-7-12(8-27)16-17(22)14(21)6-13(18(16)29-4)11(3)28-20-15(10(2)26-28)19(23)24-9-25-20/h5-6,9,11-12H,1,7-8H2,2-4H3,(H2,23,24,25). The van der Waals surface area contributed by atoms with E-state index in [0.29, 0.717) is 21.5 Å². The van der Waals surface area contributed by atoms with Gasteiger partial charge in [-0.1, -0.05) is 23.2 Å². The van der Waals surface area contributed by atoms with Gasteiger partial charge in [-0.3, -0.25) is 4.90 Å². The van der Waals surface area contributed by atoms with Gasteiger partial charge in [-0.15, -0.1) is 0 Å². The number of halogens is 2. The van der Waals surface area contributed by atoms with Gasteiger partial charge < -0.3 is 10.5 Å². The summed E-state index contributed by atoms with van der Waals surface area (Å²) in [5.41, 5.74) is 9.28. The predicted molar refractivity (Wildman–Crippen MR) is 115 cm³/mol. The van der Waals surface area contributed by atoms with Gasteiger partial charge >= 0.3 is 0 Å². The van der Waals surface area contributed by atoms with Crippen molar-refractivity contribution in [1.29, 1.82) is 0 Å². The second-order valence-electron chi connectivity index (χ2n) is 7.21. The number of anilines is 1. The van der Waals surface area contributed by atoms with Crippen LogP contribution >= 0.6 is 23.2 Å². The first kappa shape index (κ1) is 20.2. The molecule has 29 heavy (non-hydrogen) atoms. The van der Waals surface area contributed by atoms with E-state index in [0.717, 1.165) is 41.0 Å². The highest BCUT2D eigenvalue weighted by Crippen LogP contribution is 2.46. The molecule has 0 saturated carbocycles. The lowest BCUT2D eigenvalue weighted by Gasteiger charge is -2.40. The highest BCUT2D eigenvalue weighted by molar-refractivity contribution is 6.42. The largest absolute Gasteiger partial charge is 0.496 e. The van der Waals surface area contributed by atoms with E-state index in [4.69, 9.17) is 33.7 Å². The highest BCUT2D eigenvalue weighted by atomic mass is 35.5. The summed E-state index contributed by atoms with van der Waals surface area (Å²) in [5, 5.41) is 6.44. The number of aryl methyl sites for hydroxylation is 1. The van der Waals surface area contributed by atoms with Crippen molar-refractivity contribution >= 4 is 40.1 Å². The summed E-state index contributed by atoms with van der Waals surface area (Å²) >= 11 is 13.1. The van der Waals surface area contributed by atoms with Gasteiger partial charge in [0.15, 0.2) is 5.65 Å². The summed E-state index contributed by atoms with van der Waals surface area (Å²) in [6.07, 6.45) is 1.44. The molecule has 1 fully saturated rings. The van der Waals surface area contributed by atoms with Crippen LogP contribution in [-0.2, 0) is 0 Å². The van der Waals surface area contributed by atoms with E-state index in [1.807, 2.05) is 31.1 Å². The molecule has 3 heterocycles. The molecule has 9 heteroatoms. The van der Waals surface area contributed by atoms with Gasteiger partial charge in [-0.05, 0) is 26.8 Å². The van der Waals surface area contributed by atoms with E-state index in [1.54, 1.807) is 7.11 Å². The number of fused-ring (bicyclic) bond motifs is 1. The van der Waals surface area contributed by atoms with Crippen molar-refractivity contribution in [1.82, 2.24) is 24.6 Å². The number of nitrogen functional groups attached to an aromatic ring is 1. The van der Waals surface area contributed by atoms with E-state index in [1.165, 1.54) is 6.33 Å². The molecule has 1 saturated heterocycles. The lowest BCUT2D eigenvalue weighted by Crippen LogP contribution is -2.42. The maximum Gasteiger partial charge on any atom is 0.164 e. The fourth-order valence-corrected chi connectivity index (χ4v) is 4.48. The number of aromatic nitrogens is 4. The maximum atomic E-state index is 6.60. The van der Waals surface area contributed by atoms with E-state index < -0.39 is 0 Å². The van der Waals surface area contributed by atoms with Crippen LogP contribution < -0.4 is 10.5 Å². The van der Waals surface area contributed by atoms with Crippen LogP contribution in [0.2, 0.25) is 10.0 Å². The SMILES string of the molecule is [CH2][CH]N1CC(c2c(Cl)c(Cl)cc(C(C)n3nc(C)c4c(N)ncnc43)c2OC)C1. The molecule has 0 bridgehead atoms. The Morgan fingerprint density at radius 3 is 2.72 bits per heavy atom. The van der Waals surface area contributed by atoms with Crippen molar-refractivity contribution in [2.45, 2.75) is 25.8 Å². The summed E-state index contributed by atoms with van der Waals surface area (Å²) in [6.45, 7) is 11.2. The van der Waals surface area contributed by atoms with Gasteiger partial charge in [0.25, 0.3) is 0 Å². The maximum absolute atomic E-state index is 6.60. The number of methoxy groups -OCH3 is 1. The summed E-state index contributed by atoms with van der Waals surface area (Å²) in [4.78, 5) is 10.6. The van der Waals surface area contributed by atoms with Gasteiger partial charge in [-0.2, -0.15) is 5.10 Å². The number of hydrogen-bond donors (Lipinski definition) is 1. The first-order valence-electron chi connectivity index (χ1n) is 9.25. The molecule has 4 rings (SSSR count). The van der Waals surface area contributed by atoms with Crippen molar-refractivity contribution in [3.63, 3.8) is 0 Å². The van der Waals surface area contributed by atoms with E-state index in [2.05, 4.69) is 26.9 Å². The topological polar surface area (TPSA) is 82.1 Å².